The molecule has 0 N–H and O–H groups in total. The molecule has 48 heavy (non-hydrogen) atoms. The van der Waals surface area contributed by atoms with E-state index < -0.39 is 0 Å². The molecule has 1 aromatic heterocycles. The molecule has 10 rings (SSSR count). The molecule has 0 fully saturated rings. The number of benzene rings is 8. The Balaban J connectivity index is 1.32. The molecule has 9 aromatic rings. The number of hydrogen-bond donors (Lipinski definition) is 0. The topological polar surface area (TPSA) is 12.9 Å². The standard InChI is InChI=1S/C47H29N/c1-4-15-30(16-5-1)42-37-23-12-13-24-38(37)43(31-17-6-2-7-18-31)46-40-28-27-35(36-25-14-26-39(44(36)40)45(42)46)41-29-33-21-10-11-22-34(33)47(48-41)32-19-8-3-9-20-32/h1-29H. The molecule has 1 heteroatoms. The lowest BCUT2D eigenvalue weighted by atomic mass is 9.82. The van der Waals surface area contributed by atoms with Crippen LogP contribution in [0.2, 0.25) is 0 Å². The Morgan fingerprint density at radius 2 is 0.792 bits per heavy atom. The lowest BCUT2D eigenvalue weighted by molar-refractivity contribution is 1.36. The molecule has 1 nitrogen and oxygen atoms in total. The second kappa shape index (κ2) is 10.6. The Morgan fingerprint density at radius 3 is 1.42 bits per heavy atom. The smallest absolute Gasteiger partial charge is 0.0787 e. The Labute approximate surface area is 279 Å². The molecule has 1 heterocycles. The minimum atomic E-state index is 0.990. The second-order valence-electron chi connectivity index (χ2n) is 12.6. The second-order valence-corrected chi connectivity index (χ2v) is 12.6. The molecule has 0 unspecified atom stereocenters. The van der Waals surface area contributed by atoms with Gasteiger partial charge in [-0.2, -0.15) is 0 Å². The number of rotatable bonds is 4. The van der Waals surface area contributed by atoms with Gasteiger partial charge in [-0.3, -0.25) is 0 Å². The summed E-state index contributed by atoms with van der Waals surface area (Å²) in [5.41, 5.74) is 14.5. The first-order valence-corrected chi connectivity index (χ1v) is 16.6. The van der Waals surface area contributed by atoms with Gasteiger partial charge in [0.1, 0.15) is 0 Å². The van der Waals surface area contributed by atoms with Crippen LogP contribution in [0.4, 0.5) is 0 Å². The molecule has 1 aliphatic rings. The van der Waals surface area contributed by atoms with Crippen molar-refractivity contribution >= 4 is 32.3 Å². The predicted octanol–water partition coefficient (Wildman–Crippen LogP) is 12.9. The summed E-state index contributed by atoms with van der Waals surface area (Å²) in [6, 6.07) is 63.7. The lowest BCUT2D eigenvalue weighted by Crippen LogP contribution is -1.93. The molecule has 0 saturated carbocycles. The van der Waals surface area contributed by atoms with Gasteiger partial charge in [-0.25, -0.2) is 4.98 Å². The Morgan fingerprint density at radius 1 is 0.312 bits per heavy atom. The van der Waals surface area contributed by atoms with Crippen molar-refractivity contribution in [2.75, 3.05) is 0 Å². The van der Waals surface area contributed by atoms with E-state index >= 15 is 0 Å². The SMILES string of the molecule is c1ccc(-c2nc(-c3ccc4c5c(cccc35)-c3c-4c(-c4ccccc4)c4ccccc4c3-c3ccccc3)cc3ccccc23)cc1. The summed E-state index contributed by atoms with van der Waals surface area (Å²) in [6.07, 6.45) is 0. The third-order valence-corrected chi connectivity index (χ3v) is 9.98. The van der Waals surface area contributed by atoms with Crippen LogP contribution in [0.25, 0.3) is 99.3 Å². The summed E-state index contributed by atoms with van der Waals surface area (Å²) in [7, 11) is 0. The summed E-state index contributed by atoms with van der Waals surface area (Å²) in [5.74, 6) is 0. The van der Waals surface area contributed by atoms with E-state index in [2.05, 4.69) is 176 Å². The molecule has 0 amide bonds. The van der Waals surface area contributed by atoms with E-state index in [1.807, 2.05) is 0 Å². The van der Waals surface area contributed by atoms with E-state index in [9.17, 15) is 0 Å². The van der Waals surface area contributed by atoms with Crippen LogP contribution in [0.5, 0.6) is 0 Å². The highest BCUT2D eigenvalue weighted by Gasteiger charge is 2.31. The number of pyridine rings is 1. The van der Waals surface area contributed by atoms with Crippen LogP contribution in [0, 0.1) is 0 Å². The summed E-state index contributed by atoms with van der Waals surface area (Å²) >= 11 is 0. The van der Waals surface area contributed by atoms with Crippen LogP contribution in [-0.4, -0.2) is 4.98 Å². The van der Waals surface area contributed by atoms with Crippen LogP contribution in [0.3, 0.4) is 0 Å². The Kier molecular flexibility index (Phi) is 5.94. The summed E-state index contributed by atoms with van der Waals surface area (Å²) in [4.78, 5) is 5.40. The average Bonchev–Trinajstić information content (AvgIpc) is 3.49. The Bertz CT molecular complexity index is 2600. The summed E-state index contributed by atoms with van der Waals surface area (Å²) < 4.78 is 0. The molecule has 0 atom stereocenters. The van der Waals surface area contributed by atoms with E-state index in [-0.39, 0.29) is 0 Å². The maximum atomic E-state index is 5.40. The van der Waals surface area contributed by atoms with Crippen LogP contribution < -0.4 is 0 Å². The molecule has 0 aliphatic heterocycles. The van der Waals surface area contributed by atoms with Crippen LogP contribution >= 0.6 is 0 Å². The number of aromatic nitrogens is 1. The molecular formula is C47H29N. The minimum Gasteiger partial charge on any atom is -0.247 e. The van der Waals surface area contributed by atoms with E-state index in [0.717, 1.165) is 27.9 Å². The largest absolute Gasteiger partial charge is 0.247 e. The molecule has 0 spiro atoms. The number of hydrogen-bond acceptors (Lipinski definition) is 1. The minimum absolute atomic E-state index is 0.990. The predicted molar refractivity (Wildman–Crippen MR) is 203 cm³/mol. The highest BCUT2D eigenvalue weighted by Crippen LogP contribution is 2.58. The molecular weight excluding hydrogens is 579 g/mol. The van der Waals surface area contributed by atoms with Gasteiger partial charge in [0.25, 0.3) is 0 Å². The highest BCUT2D eigenvalue weighted by molar-refractivity contribution is 6.28. The maximum absolute atomic E-state index is 5.40. The zero-order valence-electron chi connectivity index (χ0n) is 26.2. The monoisotopic (exact) mass is 607 g/mol. The van der Waals surface area contributed by atoms with Gasteiger partial charge in [0.2, 0.25) is 0 Å². The molecule has 8 aromatic carbocycles. The summed E-state index contributed by atoms with van der Waals surface area (Å²) in [6.45, 7) is 0. The number of fused-ring (bicyclic) bond motifs is 5. The van der Waals surface area contributed by atoms with E-state index in [0.29, 0.717) is 0 Å². The third kappa shape index (κ3) is 3.95. The fraction of sp³-hybridized carbons (Fsp3) is 0. The van der Waals surface area contributed by atoms with Gasteiger partial charge in [0.05, 0.1) is 11.4 Å². The first-order valence-electron chi connectivity index (χ1n) is 16.6. The fourth-order valence-electron chi connectivity index (χ4n) is 7.99. The van der Waals surface area contributed by atoms with Crippen LogP contribution in [0.1, 0.15) is 0 Å². The quantitative estimate of drug-likeness (QED) is 0.194. The van der Waals surface area contributed by atoms with Crippen LogP contribution in [-0.2, 0) is 0 Å². The Hall–Kier alpha value is -6.31. The van der Waals surface area contributed by atoms with Crippen molar-refractivity contribution in [3.05, 3.63) is 176 Å². The lowest BCUT2D eigenvalue weighted by Gasteiger charge is -2.20. The molecule has 1 aliphatic carbocycles. The fourth-order valence-corrected chi connectivity index (χ4v) is 7.99. The number of nitrogens with zero attached hydrogens (tertiary/aromatic N) is 1. The zero-order chi connectivity index (χ0) is 31.6. The normalized spacial score (nSPS) is 11.8. The molecule has 0 radical (unpaired) electrons. The zero-order valence-corrected chi connectivity index (χ0v) is 26.2. The maximum Gasteiger partial charge on any atom is 0.0787 e. The van der Waals surface area contributed by atoms with Crippen molar-refractivity contribution in [1.82, 2.24) is 4.98 Å². The molecule has 222 valence electrons. The van der Waals surface area contributed by atoms with Crippen LogP contribution in [0.15, 0.2) is 176 Å². The van der Waals surface area contributed by atoms with Crippen molar-refractivity contribution in [3.8, 4) is 67.0 Å². The van der Waals surface area contributed by atoms with E-state index in [1.54, 1.807) is 0 Å². The van der Waals surface area contributed by atoms with Gasteiger partial charge in [-0.1, -0.05) is 170 Å². The van der Waals surface area contributed by atoms with Gasteiger partial charge < -0.3 is 0 Å². The van der Waals surface area contributed by atoms with E-state index in [1.165, 1.54) is 71.4 Å². The van der Waals surface area contributed by atoms with Gasteiger partial charge in [0.15, 0.2) is 0 Å². The highest BCUT2D eigenvalue weighted by atomic mass is 14.7. The third-order valence-electron chi connectivity index (χ3n) is 9.98. The van der Waals surface area contributed by atoms with E-state index in [4.69, 9.17) is 4.98 Å². The first-order chi connectivity index (χ1) is 23.8. The van der Waals surface area contributed by atoms with Crippen molar-refractivity contribution in [2.45, 2.75) is 0 Å². The van der Waals surface area contributed by atoms with Gasteiger partial charge in [-0.15, -0.1) is 0 Å². The first kappa shape index (κ1) is 26.9. The van der Waals surface area contributed by atoms with Gasteiger partial charge in [-0.05, 0) is 77.5 Å². The van der Waals surface area contributed by atoms with Crippen molar-refractivity contribution < 1.29 is 0 Å². The summed E-state index contributed by atoms with van der Waals surface area (Å²) in [5, 5.41) is 7.43. The van der Waals surface area contributed by atoms with Crippen molar-refractivity contribution in [2.24, 2.45) is 0 Å². The van der Waals surface area contributed by atoms with Gasteiger partial charge in [0, 0.05) is 16.5 Å². The van der Waals surface area contributed by atoms with Crippen molar-refractivity contribution in [3.63, 3.8) is 0 Å². The van der Waals surface area contributed by atoms with Crippen molar-refractivity contribution in [1.29, 1.82) is 0 Å². The average molecular weight is 608 g/mol. The molecule has 0 saturated heterocycles. The molecule has 0 bridgehead atoms. The van der Waals surface area contributed by atoms with Gasteiger partial charge >= 0.3 is 0 Å².